The third-order valence-electron chi connectivity index (χ3n) is 2.35. The van der Waals surface area contributed by atoms with Gasteiger partial charge in [0.2, 0.25) is 0 Å². The molecule has 2 N–H and O–H groups in total. The first-order valence-corrected chi connectivity index (χ1v) is 4.91. The molecule has 1 aromatic carbocycles. The molecule has 2 heterocycles. The molecule has 0 unspecified atom stereocenters. The van der Waals surface area contributed by atoms with Gasteiger partial charge in [-0.25, -0.2) is 0 Å². The Hall–Kier alpha value is -2.70. The van der Waals surface area contributed by atoms with Gasteiger partial charge in [-0.1, -0.05) is 30.3 Å². The van der Waals surface area contributed by atoms with Crippen molar-refractivity contribution in [1.82, 2.24) is 24.5 Å². The van der Waals surface area contributed by atoms with E-state index in [1.165, 1.54) is 10.8 Å². The molecule has 0 spiro atoms. The summed E-state index contributed by atoms with van der Waals surface area (Å²) < 4.78 is 1.36. The summed E-state index contributed by atoms with van der Waals surface area (Å²) in [7, 11) is 0. The lowest BCUT2D eigenvalue weighted by Gasteiger charge is -1.99. The Balaban J connectivity index is 2.31. The first-order chi connectivity index (χ1) is 8.25. The number of hydrogen-bond acceptors (Lipinski definition) is 5. The topological polar surface area (TPSA) is 91.1 Å². The second-order valence-corrected chi connectivity index (χ2v) is 3.45. The van der Waals surface area contributed by atoms with Crippen LogP contribution in [0, 0.1) is 0 Å². The largest absolute Gasteiger partial charge is 0.320 e. The summed E-state index contributed by atoms with van der Waals surface area (Å²) in [6, 6.07) is 9.12. The molecule has 17 heavy (non-hydrogen) atoms. The van der Waals surface area contributed by atoms with Crippen molar-refractivity contribution in [1.29, 1.82) is 0 Å². The lowest BCUT2D eigenvalue weighted by atomic mass is 10.2. The van der Waals surface area contributed by atoms with E-state index in [0.29, 0.717) is 5.56 Å². The molecular formula is C10H8N6O. The van der Waals surface area contributed by atoms with Gasteiger partial charge in [0.25, 0.3) is 5.78 Å². The third-order valence-corrected chi connectivity index (χ3v) is 2.35. The number of aromatic nitrogens is 5. The summed E-state index contributed by atoms with van der Waals surface area (Å²) in [5, 5.41) is 7.91. The number of nitrogens with zero attached hydrogens (tertiary/aromatic N) is 5. The second kappa shape index (κ2) is 3.41. The van der Waals surface area contributed by atoms with Gasteiger partial charge in [0.15, 0.2) is 5.69 Å². The minimum atomic E-state index is -0.427. The van der Waals surface area contributed by atoms with Crippen molar-refractivity contribution in [2.45, 2.75) is 0 Å². The van der Waals surface area contributed by atoms with E-state index in [1.807, 2.05) is 18.2 Å². The highest BCUT2D eigenvalue weighted by molar-refractivity contribution is 5.57. The number of fused-ring (bicyclic) bond motifs is 1. The summed E-state index contributed by atoms with van der Waals surface area (Å²) in [5.41, 5.74) is 0.559. The smallest absolute Gasteiger partial charge is 0.301 e. The van der Waals surface area contributed by atoms with Gasteiger partial charge in [0.1, 0.15) is 6.33 Å². The standard InChI is InChI=1S/C10H8N6O/c11-16-10-13-9(17)8(14-15(10)6-12-16)7-4-2-1-3-5-7/h1-6H,11H2. The van der Waals surface area contributed by atoms with Crippen LogP contribution in [-0.2, 0) is 0 Å². The van der Waals surface area contributed by atoms with E-state index in [2.05, 4.69) is 15.2 Å². The molecule has 0 saturated heterocycles. The first kappa shape index (κ1) is 9.52. The first-order valence-electron chi connectivity index (χ1n) is 4.91. The molecule has 0 bridgehead atoms. The van der Waals surface area contributed by atoms with Crippen molar-refractivity contribution in [2.24, 2.45) is 0 Å². The summed E-state index contributed by atoms with van der Waals surface area (Å²) in [4.78, 5) is 16.6. The molecule has 0 aliphatic carbocycles. The molecule has 84 valence electrons. The van der Waals surface area contributed by atoms with Crippen LogP contribution in [0.25, 0.3) is 17.0 Å². The maximum atomic E-state index is 11.8. The van der Waals surface area contributed by atoms with Crippen molar-refractivity contribution >= 4 is 5.78 Å². The van der Waals surface area contributed by atoms with E-state index in [4.69, 9.17) is 5.84 Å². The molecule has 0 radical (unpaired) electrons. The van der Waals surface area contributed by atoms with E-state index in [-0.39, 0.29) is 11.5 Å². The number of nitrogens with two attached hydrogens (primary N) is 1. The molecule has 0 aliphatic heterocycles. The van der Waals surface area contributed by atoms with Crippen LogP contribution in [0.3, 0.4) is 0 Å². The highest BCUT2D eigenvalue weighted by Crippen LogP contribution is 2.10. The van der Waals surface area contributed by atoms with Crippen LogP contribution in [0.5, 0.6) is 0 Å². The van der Waals surface area contributed by atoms with E-state index in [9.17, 15) is 4.79 Å². The quantitative estimate of drug-likeness (QED) is 0.576. The number of benzene rings is 1. The molecule has 0 amide bonds. The third kappa shape index (κ3) is 1.44. The molecule has 2 aromatic heterocycles. The van der Waals surface area contributed by atoms with E-state index >= 15 is 0 Å². The predicted molar refractivity (Wildman–Crippen MR) is 60.6 cm³/mol. The zero-order valence-corrected chi connectivity index (χ0v) is 8.69. The average molecular weight is 228 g/mol. The van der Waals surface area contributed by atoms with Gasteiger partial charge in [0, 0.05) is 5.56 Å². The summed E-state index contributed by atoms with van der Waals surface area (Å²) in [6.07, 6.45) is 1.40. The lowest BCUT2D eigenvalue weighted by Crippen LogP contribution is -2.19. The van der Waals surface area contributed by atoms with Gasteiger partial charge < -0.3 is 5.84 Å². The van der Waals surface area contributed by atoms with Crippen LogP contribution >= 0.6 is 0 Å². The van der Waals surface area contributed by atoms with Crippen molar-refractivity contribution in [3.8, 4) is 11.3 Å². The molecule has 0 aliphatic rings. The Morgan fingerprint density at radius 3 is 2.71 bits per heavy atom. The normalized spacial score (nSPS) is 10.8. The fourth-order valence-electron chi connectivity index (χ4n) is 1.56. The monoisotopic (exact) mass is 228 g/mol. The zero-order chi connectivity index (χ0) is 11.8. The van der Waals surface area contributed by atoms with Crippen LogP contribution in [-0.4, -0.2) is 24.5 Å². The maximum absolute atomic E-state index is 11.8. The predicted octanol–water partition coefficient (Wildman–Crippen LogP) is -0.333. The second-order valence-electron chi connectivity index (χ2n) is 3.45. The van der Waals surface area contributed by atoms with E-state index < -0.39 is 5.56 Å². The lowest BCUT2D eigenvalue weighted by molar-refractivity contribution is 0.836. The molecular weight excluding hydrogens is 220 g/mol. The van der Waals surface area contributed by atoms with Gasteiger partial charge in [-0.3, -0.25) is 4.79 Å². The Morgan fingerprint density at radius 2 is 1.94 bits per heavy atom. The minimum absolute atomic E-state index is 0.203. The fraction of sp³-hybridized carbons (Fsp3) is 0. The van der Waals surface area contributed by atoms with Crippen LogP contribution in [0.1, 0.15) is 0 Å². The average Bonchev–Trinajstić information content (AvgIpc) is 2.71. The molecule has 0 fully saturated rings. The van der Waals surface area contributed by atoms with Crippen molar-refractivity contribution in [2.75, 3.05) is 5.84 Å². The Morgan fingerprint density at radius 1 is 1.18 bits per heavy atom. The van der Waals surface area contributed by atoms with E-state index in [0.717, 1.165) is 4.79 Å². The molecule has 0 saturated carbocycles. The van der Waals surface area contributed by atoms with Crippen molar-refractivity contribution in [3.05, 3.63) is 47.0 Å². The number of nitrogen functional groups attached to an aromatic ring is 1. The Kier molecular flexibility index (Phi) is 1.91. The molecule has 7 nitrogen and oxygen atoms in total. The summed E-state index contributed by atoms with van der Waals surface area (Å²) in [5.74, 6) is 5.68. The van der Waals surface area contributed by atoms with Gasteiger partial charge in [-0.05, 0) is 0 Å². The Labute approximate surface area is 95.1 Å². The fourth-order valence-corrected chi connectivity index (χ4v) is 1.56. The van der Waals surface area contributed by atoms with Crippen LogP contribution in [0.2, 0.25) is 0 Å². The zero-order valence-electron chi connectivity index (χ0n) is 8.69. The minimum Gasteiger partial charge on any atom is -0.320 e. The number of hydrogen-bond donors (Lipinski definition) is 1. The highest BCUT2D eigenvalue weighted by Gasteiger charge is 2.10. The molecule has 7 heteroatoms. The molecule has 3 aromatic rings. The van der Waals surface area contributed by atoms with Gasteiger partial charge in [0.05, 0.1) is 0 Å². The molecule has 3 rings (SSSR count). The summed E-state index contributed by atoms with van der Waals surface area (Å²) in [6.45, 7) is 0. The summed E-state index contributed by atoms with van der Waals surface area (Å²) >= 11 is 0. The maximum Gasteiger partial charge on any atom is 0.301 e. The highest BCUT2D eigenvalue weighted by atomic mass is 16.1. The van der Waals surface area contributed by atoms with Gasteiger partial charge >= 0.3 is 5.56 Å². The van der Waals surface area contributed by atoms with Crippen LogP contribution in [0.4, 0.5) is 0 Å². The van der Waals surface area contributed by atoms with Crippen LogP contribution < -0.4 is 11.4 Å². The van der Waals surface area contributed by atoms with Gasteiger partial charge in [-0.2, -0.15) is 14.6 Å². The Bertz CT molecular complexity index is 729. The number of rotatable bonds is 1. The van der Waals surface area contributed by atoms with Crippen LogP contribution in [0.15, 0.2) is 41.5 Å². The SMILES string of the molecule is Nn1ncn2nc(-c3ccccc3)c(=O)nc12. The van der Waals surface area contributed by atoms with Crippen molar-refractivity contribution < 1.29 is 0 Å². The van der Waals surface area contributed by atoms with Crippen molar-refractivity contribution in [3.63, 3.8) is 0 Å². The molecule has 0 atom stereocenters. The van der Waals surface area contributed by atoms with E-state index in [1.54, 1.807) is 12.1 Å². The van der Waals surface area contributed by atoms with Gasteiger partial charge in [-0.15, -0.1) is 9.89 Å².